The predicted octanol–water partition coefficient (Wildman–Crippen LogP) is 4.45. The van der Waals surface area contributed by atoms with Gasteiger partial charge in [-0.15, -0.1) is 0 Å². The number of benzene rings is 1. The Kier molecular flexibility index (Phi) is 3.99. The number of hydrogen-bond donors (Lipinski definition) is 2. The Balaban J connectivity index is 1.70. The number of anilines is 1. The molecule has 3 aromatic heterocycles. The summed E-state index contributed by atoms with van der Waals surface area (Å²) in [6, 6.07) is 7.19. The van der Waals surface area contributed by atoms with Crippen molar-refractivity contribution < 1.29 is 4.42 Å². The molecule has 8 heteroatoms. The van der Waals surface area contributed by atoms with Crippen molar-refractivity contribution in [2.75, 3.05) is 5.32 Å². The van der Waals surface area contributed by atoms with Crippen molar-refractivity contribution in [2.45, 2.75) is 39.3 Å². The molecule has 2 N–H and O–H groups in total. The Labute approximate surface area is 160 Å². The average Bonchev–Trinajstić information content (AvgIpc) is 3.18. The third-order valence-electron chi connectivity index (χ3n) is 4.35. The number of aromatic amines is 1. The first-order chi connectivity index (χ1) is 12.7. The second-order valence-corrected chi connectivity index (χ2v) is 8.01. The maximum Gasteiger partial charge on any atom is 0.263 e. The Morgan fingerprint density at radius 2 is 2.07 bits per heavy atom. The summed E-state index contributed by atoms with van der Waals surface area (Å²) in [6.07, 6.45) is 1.54. The summed E-state index contributed by atoms with van der Waals surface area (Å²) in [7, 11) is 0. The number of nitrogens with one attached hydrogen (secondary N) is 2. The van der Waals surface area contributed by atoms with Gasteiger partial charge in [0.2, 0.25) is 5.95 Å². The fourth-order valence-electron chi connectivity index (χ4n) is 3.00. The van der Waals surface area contributed by atoms with Gasteiger partial charge in [-0.3, -0.25) is 9.78 Å². The van der Waals surface area contributed by atoms with Crippen LogP contribution >= 0.6 is 11.6 Å². The van der Waals surface area contributed by atoms with Gasteiger partial charge in [0.05, 0.1) is 17.8 Å². The molecule has 1 atom stereocenters. The highest BCUT2D eigenvalue weighted by molar-refractivity contribution is 6.31. The molecule has 0 bridgehead atoms. The van der Waals surface area contributed by atoms with E-state index in [0.29, 0.717) is 22.0 Å². The molecular formula is C19H20ClN5O2. The zero-order valence-electron chi connectivity index (χ0n) is 15.5. The van der Waals surface area contributed by atoms with Crippen LogP contribution < -0.4 is 10.9 Å². The molecule has 0 spiro atoms. The van der Waals surface area contributed by atoms with Crippen molar-refractivity contribution in [3.63, 3.8) is 0 Å². The number of nitrogens with zero attached hydrogens (tertiary/aromatic N) is 3. The molecule has 0 saturated heterocycles. The lowest BCUT2D eigenvalue weighted by molar-refractivity contribution is 0.366. The standard InChI is InChI=1S/C19H20ClN5O2/c1-10(15-8-11-7-12(20)5-6-14(11)27-15)22-18-23-16-13(17(26)24-18)9-21-25(16)19(2,3)4/h5-10H,1-4H3,(H2,22,23,24,26). The van der Waals surface area contributed by atoms with E-state index in [1.807, 2.05) is 45.9 Å². The number of furan rings is 1. The Bertz CT molecular complexity index is 1200. The van der Waals surface area contributed by atoms with E-state index in [1.165, 1.54) is 0 Å². The lowest BCUT2D eigenvalue weighted by atomic mass is 10.1. The number of rotatable bonds is 3. The van der Waals surface area contributed by atoms with Crippen LogP contribution in [0.3, 0.4) is 0 Å². The highest BCUT2D eigenvalue weighted by atomic mass is 35.5. The fraction of sp³-hybridized carbons (Fsp3) is 0.316. The number of fused-ring (bicyclic) bond motifs is 2. The van der Waals surface area contributed by atoms with Crippen LogP contribution in [0.5, 0.6) is 0 Å². The fourth-order valence-corrected chi connectivity index (χ4v) is 3.18. The molecule has 27 heavy (non-hydrogen) atoms. The van der Waals surface area contributed by atoms with Crippen LogP contribution in [0.4, 0.5) is 5.95 Å². The summed E-state index contributed by atoms with van der Waals surface area (Å²) in [5, 5.41) is 9.56. The molecule has 0 radical (unpaired) electrons. The van der Waals surface area contributed by atoms with E-state index in [-0.39, 0.29) is 17.1 Å². The van der Waals surface area contributed by atoms with E-state index < -0.39 is 0 Å². The average molecular weight is 386 g/mol. The Morgan fingerprint density at radius 1 is 1.30 bits per heavy atom. The van der Waals surface area contributed by atoms with E-state index in [1.54, 1.807) is 16.9 Å². The van der Waals surface area contributed by atoms with Crippen molar-refractivity contribution in [1.29, 1.82) is 0 Å². The van der Waals surface area contributed by atoms with Gasteiger partial charge in [-0.2, -0.15) is 10.1 Å². The molecule has 1 unspecified atom stereocenters. The second-order valence-electron chi connectivity index (χ2n) is 7.58. The summed E-state index contributed by atoms with van der Waals surface area (Å²) in [4.78, 5) is 19.7. The van der Waals surface area contributed by atoms with Gasteiger partial charge in [0.15, 0.2) is 5.65 Å². The third-order valence-corrected chi connectivity index (χ3v) is 4.59. The Hall–Kier alpha value is -2.80. The van der Waals surface area contributed by atoms with Gasteiger partial charge in [-0.1, -0.05) is 11.6 Å². The topological polar surface area (TPSA) is 88.7 Å². The van der Waals surface area contributed by atoms with Crippen LogP contribution in [0, 0.1) is 0 Å². The molecule has 1 aromatic carbocycles. The van der Waals surface area contributed by atoms with Crippen LogP contribution in [0.1, 0.15) is 39.5 Å². The monoisotopic (exact) mass is 385 g/mol. The van der Waals surface area contributed by atoms with Gasteiger partial charge in [-0.05, 0) is 52.0 Å². The third kappa shape index (κ3) is 3.19. The largest absolute Gasteiger partial charge is 0.459 e. The van der Waals surface area contributed by atoms with Gasteiger partial charge in [0, 0.05) is 10.4 Å². The summed E-state index contributed by atoms with van der Waals surface area (Å²) >= 11 is 6.04. The zero-order chi connectivity index (χ0) is 19.3. The molecular weight excluding hydrogens is 366 g/mol. The van der Waals surface area contributed by atoms with Crippen molar-refractivity contribution in [3.8, 4) is 0 Å². The molecule has 4 rings (SSSR count). The maximum absolute atomic E-state index is 12.4. The molecule has 0 aliphatic rings. The van der Waals surface area contributed by atoms with Crippen LogP contribution in [0.2, 0.25) is 5.02 Å². The quantitative estimate of drug-likeness (QED) is 0.544. The van der Waals surface area contributed by atoms with E-state index in [0.717, 1.165) is 16.7 Å². The van der Waals surface area contributed by atoms with Crippen molar-refractivity contribution in [3.05, 3.63) is 51.6 Å². The SMILES string of the molecule is CC(Nc1nc2c(cnn2C(C)(C)C)c(=O)[nH]1)c1cc2cc(Cl)ccc2o1. The molecule has 0 aliphatic carbocycles. The zero-order valence-corrected chi connectivity index (χ0v) is 16.3. The van der Waals surface area contributed by atoms with E-state index >= 15 is 0 Å². The van der Waals surface area contributed by atoms with Gasteiger partial charge in [-0.25, -0.2) is 4.68 Å². The number of H-pyrrole nitrogens is 1. The minimum atomic E-state index is -0.288. The minimum Gasteiger partial charge on any atom is -0.459 e. The van der Waals surface area contributed by atoms with Gasteiger partial charge >= 0.3 is 0 Å². The minimum absolute atomic E-state index is 0.206. The van der Waals surface area contributed by atoms with E-state index in [9.17, 15) is 4.79 Å². The highest BCUT2D eigenvalue weighted by Crippen LogP contribution is 2.28. The van der Waals surface area contributed by atoms with Crippen LogP contribution in [0.25, 0.3) is 22.0 Å². The molecule has 0 fully saturated rings. The number of hydrogen-bond acceptors (Lipinski definition) is 5. The van der Waals surface area contributed by atoms with Crippen molar-refractivity contribution in [2.24, 2.45) is 0 Å². The molecule has 4 aromatic rings. The van der Waals surface area contributed by atoms with Crippen molar-refractivity contribution in [1.82, 2.24) is 19.7 Å². The van der Waals surface area contributed by atoms with Gasteiger partial charge in [0.25, 0.3) is 5.56 Å². The molecule has 0 aliphatic heterocycles. The van der Waals surface area contributed by atoms with Crippen LogP contribution in [-0.4, -0.2) is 19.7 Å². The first kappa shape index (κ1) is 17.6. The summed E-state index contributed by atoms with van der Waals surface area (Å²) in [6.45, 7) is 7.97. The normalized spacial score (nSPS) is 13.4. The number of halogens is 1. The molecule has 7 nitrogen and oxygen atoms in total. The van der Waals surface area contributed by atoms with Crippen LogP contribution in [0.15, 0.2) is 39.7 Å². The highest BCUT2D eigenvalue weighted by Gasteiger charge is 2.20. The van der Waals surface area contributed by atoms with E-state index in [4.69, 9.17) is 16.0 Å². The molecule has 3 heterocycles. The molecule has 140 valence electrons. The summed E-state index contributed by atoms with van der Waals surface area (Å²) < 4.78 is 7.63. The Morgan fingerprint density at radius 3 is 2.81 bits per heavy atom. The van der Waals surface area contributed by atoms with E-state index in [2.05, 4.69) is 20.4 Å². The summed E-state index contributed by atoms with van der Waals surface area (Å²) in [5.41, 5.74) is 0.772. The first-order valence-electron chi connectivity index (χ1n) is 8.66. The van der Waals surface area contributed by atoms with Gasteiger partial charge < -0.3 is 9.73 Å². The molecule has 0 saturated carbocycles. The predicted molar refractivity (Wildman–Crippen MR) is 106 cm³/mol. The second kappa shape index (κ2) is 6.13. The first-order valence-corrected chi connectivity index (χ1v) is 9.04. The smallest absolute Gasteiger partial charge is 0.263 e. The number of aromatic nitrogens is 4. The molecule has 0 amide bonds. The maximum atomic E-state index is 12.4. The van der Waals surface area contributed by atoms with Crippen molar-refractivity contribution >= 4 is 39.6 Å². The lowest BCUT2D eigenvalue weighted by Crippen LogP contribution is -2.24. The van der Waals surface area contributed by atoms with Gasteiger partial charge in [0.1, 0.15) is 16.7 Å². The van der Waals surface area contributed by atoms with Crippen LogP contribution in [-0.2, 0) is 5.54 Å². The summed E-state index contributed by atoms with van der Waals surface area (Å²) in [5.74, 6) is 1.09. The lowest BCUT2D eigenvalue weighted by Gasteiger charge is -2.20.